The van der Waals surface area contributed by atoms with Crippen LogP contribution in [0.5, 0.6) is 11.5 Å². The van der Waals surface area contributed by atoms with Gasteiger partial charge in [0.05, 0.1) is 33.4 Å². The van der Waals surface area contributed by atoms with Gasteiger partial charge >= 0.3 is 0 Å². The lowest BCUT2D eigenvalue weighted by atomic mass is 9.89. The zero-order valence-electron chi connectivity index (χ0n) is 30.9. The minimum absolute atomic E-state index is 0.763. The standard InChI is InChI=1S/C54H34N2O/c1-2-18-39-35(16-1)17-15-27-44(39)53-45-23-3-5-25-47(45)54(48-26-6-4-24-46(48)53)57-38-33-36(55-49-28-11-7-19-40(49)41-20-8-12-29-50(41)55)32-37(34-38)56-51-30-13-9-21-42(51)43-22-10-14-31-52(43)56/h1-34H. The van der Waals surface area contributed by atoms with E-state index in [-0.39, 0.29) is 0 Å². The third-order valence-electron chi connectivity index (χ3n) is 11.7. The van der Waals surface area contributed by atoms with E-state index in [1.54, 1.807) is 0 Å². The SMILES string of the molecule is c1ccc2c(-c3c4ccccc4c(Oc4cc(-n5c6ccccc6c6ccccc65)cc(-n5c6ccccc6c6ccccc65)c4)c4ccccc34)cccc2c1. The van der Waals surface area contributed by atoms with Crippen molar-refractivity contribution in [2.24, 2.45) is 0 Å². The van der Waals surface area contributed by atoms with Gasteiger partial charge in [-0.3, -0.25) is 0 Å². The first kappa shape index (κ1) is 31.7. The Labute approximate surface area is 328 Å². The Kier molecular flexibility index (Phi) is 6.93. The van der Waals surface area contributed by atoms with Gasteiger partial charge in [0.25, 0.3) is 0 Å². The van der Waals surface area contributed by atoms with Crippen LogP contribution in [0.15, 0.2) is 206 Å². The molecule has 266 valence electrons. The van der Waals surface area contributed by atoms with Crippen molar-refractivity contribution in [3.8, 4) is 34.0 Å². The van der Waals surface area contributed by atoms with Crippen molar-refractivity contribution in [1.29, 1.82) is 0 Å². The maximum atomic E-state index is 7.38. The van der Waals surface area contributed by atoms with Crippen molar-refractivity contribution in [3.05, 3.63) is 206 Å². The predicted octanol–water partition coefficient (Wildman–Crippen LogP) is 14.8. The molecule has 3 heteroatoms. The van der Waals surface area contributed by atoms with E-state index >= 15 is 0 Å². The molecule has 0 fully saturated rings. The summed E-state index contributed by atoms with van der Waals surface area (Å²) in [6, 6.07) is 74.2. The van der Waals surface area contributed by atoms with Crippen molar-refractivity contribution < 1.29 is 4.74 Å². The number of aromatic nitrogens is 2. The zero-order valence-corrected chi connectivity index (χ0v) is 30.9. The van der Waals surface area contributed by atoms with Crippen LogP contribution in [0.4, 0.5) is 0 Å². The number of para-hydroxylation sites is 4. The van der Waals surface area contributed by atoms with E-state index in [2.05, 4.69) is 215 Å². The number of rotatable bonds is 5. The maximum Gasteiger partial charge on any atom is 0.143 e. The Morgan fingerprint density at radius 2 is 0.667 bits per heavy atom. The average molecular weight is 727 g/mol. The molecule has 0 aliphatic carbocycles. The molecule has 0 aliphatic heterocycles. The van der Waals surface area contributed by atoms with E-state index in [0.29, 0.717) is 0 Å². The van der Waals surface area contributed by atoms with E-state index in [0.717, 1.165) is 66.5 Å². The molecule has 0 aliphatic rings. The lowest BCUT2D eigenvalue weighted by molar-refractivity contribution is 0.493. The molecular weight excluding hydrogens is 693 g/mol. The van der Waals surface area contributed by atoms with Gasteiger partial charge in [0.1, 0.15) is 11.5 Å². The smallest absolute Gasteiger partial charge is 0.143 e. The second-order valence-corrected chi connectivity index (χ2v) is 14.8. The van der Waals surface area contributed by atoms with Crippen LogP contribution >= 0.6 is 0 Å². The predicted molar refractivity (Wildman–Crippen MR) is 240 cm³/mol. The summed E-state index contributed by atoms with van der Waals surface area (Å²) in [7, 11) is 0. The summed E-state index contributed by atoms with van der Waals surface area (Å²) in [4.78, 5) is 0. The molecule has 0 atom stereocenters. The number of hydrogen-bond acceptors (Lipinski definition) is 1. The van der Waals surface area contributed by atoms with E-state index in [4.69, 9.17) is 4.74 Å². The molecule has 0 bridgehead atoms. The van der Waals surface area contributed by atoms with Gasteiger partial charge in [-0.15, -0.1) is 0 Å². The first-order chi connectivity index (χ1) is 28.3. The second kappa shape index (κ2) is 12.5. The minimum Gasteiger partial charge on any atom is -0.456 e. The molecule has 0 spiro atoms. The summed E-state index contributed by atoms with van der Waals surface area (Å²) >= 11 is 0. The number of hydrogen-bond donors (Lipinski definition) is 0. The molecule has 10 aromatic carbocycles. The summed E-state index contributed by atoms with van der Waals surface area (Å²) in [5.41, 5.74) is 9.10. The van der Waals surface area contributed by atoms with Crippen LogP contribution in [0.25, 0.3) is 98.4 Å². The number of fused-ring (bicyclic) bond motifs is 9. The van der Waals surface area contributed by atoms with E-state index < -0.39 is 0 Å². The highest BCUT2D eigenvalue weighted by Gasteiger charge is 2.21. The van der Waals surface area contributed by atoms with E-state index in [1.165, 1.54) is 43.4 Å². The first-order valence-electron chi connectivity index (χ1n) is 19.5. The fraction of sp³-hybridized carbons (Fsp3) is 0. The number of nitrogens with zero attached hydrogens (tertiary/aromatic N) is 2. The number of ether oxygens (including phenoxy) is 1. The van der Waals surface area contributed by atoms with E-state index in [9.17, 15) is 0 Å². The zero-order chi connectivity index (χ0) is 37.5. The van der Waals surface area contributed by atoms with Gasteiger partial charge in [0, 0.05) is 44.5 Å². The van der Waals surface area contributed by atoms with Gasteiger partial charge in [-0.05, 0) is 63.0 Å². The minimum atomic E-state index is 0.763. The molecule has 0 unspecified atom stereocenters. The molecule has 0 saturated heterocycles. The van der Waals surface area contributed by atoms with Crippen molar-refractivity contribution in [3.63, 3.8) is 0 Å². The van der Waals surface area contributed by atoms with Crippen LogP contribution in [-0.4, -0.2) is 9.13 Å². The van der Waals surface area contributed by atoms with Gasteiger partial charge in [-0.1, -0.05) is 164 Å². The molecule has 0 N–H and O–H groups in total. The summed E-state index contributed by atoms with van der Waals surface area (Å²) in [5.74, 6) is 1.61. The first-order valence-corrected chi connectivity index (χ1v) is 19.5. The van der Waals surface area contributed by atoms with Gasteiger partial charge in [-0.2, -0.15) is 0 Å². The monoisotopic (exact) mass is 726 g/mol. The van der Waals surface area contributed by atoms with Crippen LogP contribution in [0.2, 0.25) is 0 Å². The highest BCUT2D eigenvalue weighted by Crippen LogP contribution is 2.47. The Balaban J connectivity index is 1.16. The largest absolute Gasteiger partial charge is 0.456 e. The van der Waals surface area contributed by atoms with Crippen LogP contribution in [0.3, 0.4) is 0 Å². The molecule has 57 heavy (non-hydrogen) atoms. The third-order valence-corrected chi connectivity index (χ3v) is 11.7. The topological polar surface area (TPSA) is 19.1 Å². The van der Waals surface area contributed by atoms with Crippen LogP contribution in [0, 0.1) is 0 Å². The third kappa shape index (κ3) is 4.79. The molecule has 0 amide bonds. The fourth-order valence-corrected chi connectivity index (χ4v) is 9.34. The highest BCUT2D eigenvalue weighted by molar-refractivity contribution is 6.20. The molecule has 12 aromatic rings. The fourth-order valence-electron chi connectivity index (χ4n) is 9.34. The van der Waals surface area contributed by atoms with Gasteiger partial charge in [0.2, 0.25) is 0 Å². The Morgan fingerprint density at radius 1 is 0.298 bits per heavy atom. The average Bonchev–Trinajstić information content (AvgIpc) is 3.79. The van der Waals surface area contributed by atoms with Crippen LogP contribution < -0.4 is 4.74 Å². The molecule has 2 aromatic heterocycles. The lowest BCUT2D eigenvalue weighted by Gasteiger charge is -2.20. The van der Waals surface area contributed by atoms with Crippen molar-refractivity contribution in [2.75, 3.05) is 0 Å². The van der Waals surface area contributed by atoms with Crippen LogP contribution in [0.1, 0.15) is 0 Å². The summed E-state index contributed by atoms with van der Waals surface area (Å²) in [6.45, 7) is 0. The normalized spacial score (nSPS) is 11.9. The van der Waals surface area contributed by atoms with Crippen molar-refractivity contribution in [1.82, 2.24) is 9.13 Å². The summed E-state index contributed by atoms with van der Waals surface area (Å²) < 4.78 is 12.1. The van der Waals surface area contributed by atoms with Crippen molar-refractivity contribution >= 4 is 75.9 Å². The van der Waals surface area contributed by atoms with E-state index in [1.807, 2.05) is 0 Å². The van der Waals surface area contributed by atoms with Gasteiger partial charge in [0.15, 0.2) is 0 Å². The van der Waals surface area contributed by atoms with Crippen LogP contribution in [-0.2, 0) is 0 Å². The Hall–Kier alpha value is -7.62. The summed E-state index contributed by atoms with van der Waals surface area (Å²) in [5, 5.41) is 11.8. The lowest BCUT2D eigenvalue weighted by Crippen LogP contribution is -2.00. The quantitative estimate of drug-likeness (QED) is 0.162. The Morgan fingerprint density at radius 3 is 1.14 bits per heavy atom. The maximum absolute atomic E-state index is 7.38. The molecule has 2 heterocycles. The number of benzene rings is 10. The molecule has 12 rings (SSSR count). The van der Waals surface area contributed by atoms with Gasteiger partial charge < -0.3 is 13.9 Å². The summed E-state index contributed by atoms with van der Waals surface area (Å²) in [6.07, 6.45) is 0. The van der Waals surface area contributed by atoms with Crippen molar-refractivity contribution in [2.45, 2.75) is 0 Å². The molecule has 0 saturated carbocycles. The molecule has 3 nitrogen and oxygen atoms in total. The second-order valence-electron chi connectivity index (χ2n) is 14.8. The molecular formula is C54H34N2O. The van der Waals surface area contributed by atoms with Gasteiger partial charge in [-0.25, -0.2) is 0 Å². The molecule has 0 radical (unpaired) electrons. The highest BCUT2D eigenvalue weighted by atomic mass is 16.5. The Bertz CT molecular complexity index is 3270.